The number of hydrogen-bond acceptors (Lipinski definition) is 2. The summed E-state index contributed by atoms with van der Waals surface area (Å²) >= 11 is 0. The molecule has 2 nitrogen and oxygen atoms in total. The van der Waals surface area contributed by atoms with Gasteiger partial charge in [0.05, 0.1) is 0 Å². The zero-order chi connectivity index (χ0) is 12.8. The molecule has 2 fully saturated rings. The maximum Gasteiger partial charge on any atom is 0.0391 e. The van der Waals surface area contributed by atoms with Gasteiger partial charge in [0, 0.05) is 28.3 Å². The van der Waals surface area contributed by atoms with E-state index in [0.717, 1.165) is 23.3 Å². The molecule has 2 atom stereocenters. The highest BCUT2D eigenvalue weighted by molar-refractivity contribution is 7.85. The zero-order valence-corrected chi connectivity index (χ0v) is 12.6. The van der Waals surface area contributed by atoms with Crippen molar-refractivity contribution in [2.75, 3.05) is 18.6 Å². The van der Waals surface area contributed by atoms with Crippen LogP contribution in [0.2, 0.25) is 0 Å². The number of rotatable bonds is 6. The van der Waals surface area contributed by atoms with Crippen LogP contribution in [0.3, 0.4) is 0 Å². The maximum absolute atomic E-state index is 12.3. The van der Waals surface area contributed by atoms with Crippen molar-refractivity contribution in [3.05, 3.63) is 0 Å². The molecule has 18 heavy (non-hydrogen) atoms. The maximum atomic E-state index is 12.3. The molecule has 2 saturated carbocycles. The van der Waals surface area contributed by atoms with Crippen molar-refractivity contribution in [2.24, 2.45) is 11.8 Å². The summed E-state index contributed by atoms with van der Waals surface area (Å²) in [5.41, 5.74) is 0. The fourth-order valence-corrected chi connectivity index (χ4v) is 5.53. The lowest BCUT2D eigenvalue weighted by atomic mass is 9.84. The molecule has 0 radical (unpaired) electrons. The predicted molar refractivity (Wildman–Crippen MR) is 79.3 cm³/mol. The average molecular weight is 271 g/mol. The Balaban J connectivity index is 1.75. The molecule has 0 heterocycles. The Hall–Kier alpha value is 0.110. The lowest BCUT2D eigenvalue weighted by Crippen LogP contribution is -2.40. The van der Waals surface area contributed by atoms with E-state index in [1.165, 1.54) is 57.8 Å². The Bertz CT molecular complexity index is 257. The molecule has 2 aliphatic rings. The van der Waals surface area contributed by atoms with Crippen molar-refractivity contribution in [1.29, 1.82) is 0 Å². The minimum atomic E-state index is -0.604. The van der Waals surface area contributed by atoms with Gasteiger partial charge in [0.25, 0.3) is 0 Å². The monoisotopic (exact) mass is 271 g/mol. The van der Waals surface area contributed by atoms with E-state index in [9.17, 15) is 4.21 Å². The third-order valence-corrected chi connectivity index (χ3v) is 6.43. The van der Waals surface area contributed by atoms with Gasteiger partial charge in [-0.25, -0.2) is 0 Å². The normalized spacial score (nSPS) is 26.3. The van der Waals surface area contributed by atoms with Crippen LogP contribution >= 0.6 is 0 Å². The molecule has 0 amide bonds. The van der Waals surface area contributed by atoms with Crippen LogP contribution in [-0.4, -0.2) is 28.8 Å². The second kappa shape index (κ2) is 7.64. The van der Waals surface area contributed by atoms with Crippen molar-refractivity contribution in [2.45, 2.75) is 63.8 Å². The van der Waals surface area contributed by atoms with Crippen molar-refractivity contribution >= 4 is 10.8 Å². The third-order valence-electron chi connectivity index (χ3n) is 4.85. The molecule has 2 aliphatic carbocycles. The molecule has 106 valence electrons. The van der Waals surface area contributed by atoms with Crippen molar-refractivity contribution in [3.63, 3.8) is 0 Å². The molecule has 1 N–H and O–H groups in total. The van der Waals surface area contributed by atoms with Gasteiger partial charge in [-0.2, -0.15) is 0 Å². The smallest absolute Gasteiger partial charge is 0.0391 e. The van der Waals surface area contributed by atoms with E-state index in [1.54, 1.807) is 0 Å². The summed E-state index contributed by atoms with van der Waals surface area (Å²) in [5.74, 6) is 3.38. The Kier molecular flexibility index (Phi) is 6.16. The van der Waals surface area contributed by atoms with Gasteiger partial charge >= 0.3 is 0 Å². The SMILES string of the molecule is CNC(CS(=O)CC1CCCC1)C1CCCCC1. The van der Waals surface area contributed by atoms with Crippen molar-refractivity contribution in [1.82, 2.24) is 5.32 Å². The van der Waals surface area contributed by atoms with Gasteiger partial charge in [-0.05, 0) is 44.6 Å². The van der Waals surface area contributed by atoms with Crippen LogP contribution in [0.5, 0.6) is 0 Å². The zero-order valence-electron chi connectivity index (χ0n) is 11.8. The molecule has 0 aromatic heterocycles. The van der Waals surface area contributed by atoms with E-state index in [4.69, 9.17) is 0 Å². The minimum absolute atomic E-state index is 0.493. The standard InChI is InChI=1S/C15H29NOS/c1-16-15(14-9-3-2-4-10-14)12-18(17)11-13-7-5-6-8-13/h13-16H,2-12H2,1H3. The minimum Gasteiger partial charge on any atom is -0.316 e. The van der Waals surface area contributed by atoms with Crippen LogP contribution in [0.15, 0.2) is 0 Å². The summed E-state index contributed by atoms with van der Waals surface area (Å²) in [7, 11) is 1.44. The van der Waals surface area contributed by atoms with E-state index < -0.39 is 10.8 Å². The summed E-state index contributed by atoms with van der Waals surface area (Å²) in [4.78, 5) is 0. The molecule has 0 aromatic rings. The molecule has 0 bridgehead atoms. The fourth-order valence-electron chi connectivity index (χ4n) is 3.70. The number of hydrogen-bond donors (Lipinski definition) is 1. The van der Waals surface area contributed by atoms with Crippen LogP contribution in [0.4, 0.5) is 0 Å². The van der Waals surface area contributed by atoms with Crippen LogP contribution < -0.4 is 5.32 Å². The highest BCUT2D eigenvalue weighted by Gasteiger charge is 2.25. The second-order valence-electron chi connectivity index (χ2n) is 6.22. The lowest BCUT2D eigenvalue weighted by molar-refractivity contribution is 0.293. The van der Waals surface area contributed by atoms with Gasteiger partial charge in [0.2, 0.25) is 0 Å². The van der Waals surface area contributed by atoms with Gasteiger partial charge in [-0.15, -0.1) is 0 Å². The molecule has 2 rings (SSSR count). The molecule has 3 heteroatoms. The van der Waals surface area contributed by atoms with Gasteiger partial charge in [-0.3, -0.25) is 4.21 Å². The van der Waals surface area contributed by atoms with E-state index in [1.807, 2.05) is 7.05 Å². The third kappa shape index (κ3) is 4.34. The molecular formula is C15H29NOS. The van der Waals surface area contributed by atoms with Crippen LogP contribution in [-0.2, 0) is 10.8 Å². The Morgan fingerprint density at radius 1 is 1.06 bits per heavy atom. The Labute approximate surface area is 115 Å². The van der Waals surface area contributed by atoms with Crippen molar-refractivity contribution in [3.8, 4) is 0 Å². The first-order valence-electron chi connectivity index (χ1n) is 7.82. The van der Waals surface area contributed by atoms with E-state index in [-0.39, 0.29) is 0 Å². The Morgan fingerprint density at radius 3 is 2.28 bits per heavy atom. The quantitative estimate of drug-likeness (QED) is 0.804. The first-order valence-corrected chi connectivity index (χ1v) is 9.30. The molecule has 0 spiro atoms. The molecule has 0 aromatic carbocycles. The van der Waals surface area contributed by atoms with Crippen LogP contribution in [0, 0.1) is 11.8 Å². The lowest BCUT2D eigenvalue weighted by Gasteiger charge is -2.30. The van der Waals surface area contributed by atoms with Gasteiger partial charge in [-0.1, -0.05) is 32.1 Å². The summed E-state index contributed by atoms with van der Waals surface area (Å²) in [6.07, 6.45) is 12.2. The van der Waals surface area contributed by atoms with Crippen LogP contribution in [0.25, 0.3) is 0 Å². The summed E-state index contributed by atoms with van der Waals surface area (Å²) in [6.45, 7) is 0. The van der Waals surface area contributed by atoms with Crippen LogP contribution in [0.1, 0.15) is 57.8 Å². The topological polar surface area (TPSA) is 29.1 Å². The number of nitrogens with one attached hydrogen (secondary N) is 1. The summed E-state index contributed by atoms with van der Waals surface area (Å²) < 4.78 is 12.3. The summed E-state index contributed by atoms with van der Waals surface area (Å²) in [6, 6.07) is 0.493. The first kappa shape index (κ1) is 14.5. The second-order valence-corrected chi connectivity index (χ2v) is 7.76. The fraction of sp³-hybridized carbons (Fsp3) is 1.00. The van der Waals surface area contributed by atoms with E-state index in [2.05, 4.69) is 5.32 Å². The predicted octanol–water partition coefficient (Wildman–Crippen LogP) is 3.09. The summed E-state index contributed by atoms with van der Waals surface area (Å²) in [5, 5.41) is 3.43. The average Bonchev–Trinajstić information content (AvgIpc) is 2.90. The van der Waals surface area contributed by atoms with Gasteiger partial charge < -0.3 is 5.32 Å². The molecule has 2 unspecified atom stereocenters. The first-order chi connectivity index (χ1) is 8.79. The van der Waals surface area contributed by atoms with Gasteiger partial charge in [0.15, 0.2) is 0 Å². The highest BCUT2D eigenvalue weighted by Crippen LogP contribution is 2.28. The Morgan fingerprint density at radius 2 is 1.67 bits per heavy atom. The highest BCUT2D eigenvalue weighted by atomic mass is 32.2. The van der Waals surface area contributed by atoms with Gasteiger partial charge in [0.1, 0.15) is 0 Å². The van der Waals surface area contributed by atoms with Crippen molar-refractivity contribution < 1.29 is 4.21 Å². The van der Waals surface area contributed by atoms with E-state index in [0.29, 0.717) is 6.04 Å². The largest absolute Gasteiger partial charge is 0.316 e. The molecule has 0 saturated heterocycles. The molecule has 0 aliphatic heterocycles. The molecular weight excluding hydrogens is 242 g/mol. The van der Waals surface area contributed by atoms with E-state index >= 15 is 0 Å².